The van der Waals surface area contributed by atoms with Crippen molar-refractivity contribution in [2.75, 3.05) is 6.61 Å². The molecule has 8 heteroatoms. The highest BCUT2D eigenvalue weighted by atomic mass is 32.2. The molecular formula is C23H21N3O4S. The zero-order chi connectivity index (χ0) is 21.8. The van der Waals surface area contributed by atoms with Gasteiger partial charge in [-0.1, -0.05) is 35.5 Å². The monoisotopic (exact) mass is 435 g/mol. The molecule has 1 N–H and O–H groups in total. The smallest absolute Gasteiger partial charge is 0.226 e. The lowest BCUT2D eigenvalue weighted by Gasteiger charge is -2.12. The normalized spacial score (nSPS) is 10.9. The molecule has 0 radical (unpaired) electrons. The maximum absolute atomic E-state index is 11.7. The van der Waals surface area contributed by atoms with Gasteiger partial charge in [-0.3, -0.25) is 9.36 Å². The van der Waals surface area contributed by atoms with Gasteiger partial charge < -0.3 is 14.3 Å². The van der Waals surface area contributed by atoms with Crippen LogP contribution in [-0.2, 0) is 5.75 Å². The van der Waals surface area contributed by atoms with E-state index in [0.29, 0.717) is 29.1 Å². The lowest BCUT2D eigenvalue weighted by molar-refractivity contribution is 0.340. The number of benzene rings is 2. The fourth-order valence-electron chi connectivity index (χ4n) is 3.08. The first-order valence-electron chi connectivity index (χ1n) is 9.74. The first kappa shape index (κ1) is 20.7. The molecule has 0 saturated heterocycles. The standard InChI is InChI=1S/C23H21N3O4S/c1-3-29-18-9-7-17(8-10-18)26-22(16-6-4-5-15(2)11-16)24-25-23(26)31-14-19-12-20(27)21(28)13-30-19/h4-13,28H,3,14H2,1-2H3. The predicted molar refractivity (Wildman–Crippen MR) is 119 cm³/mol. The number of hydrogen-bond acceptors (Lipinski definition) is 7. The predicted octanol–water partition coefficient (Wildman–Crippen LogP) is 4.59. The number of nitrogens with zero attached hydrogens (tertiary/aromatic N) is 3. The lowest BCUT2D eigenvalue weighted by atomic mass is 10.1. The summed E-state index contributed by atoms with van der Waals surface area (Å²) in [5, 5.41) is 18.9. The van der Waals surface area contributed by atoms with Crippen molar-refractivity contribution >= 4 is 11.8 Å². The molecule has 4 rings (SSSR count). The number of hydrogen-bond donors (Lipinski definition) is 1. The van der Waals surface area contributed by atoms with E-state index in [1.807, 2.05) is 60.9 Å². The average Bonchev–Trinajstić information content (AvgIpc) is 3.19. The molecule has 31 heavy (non-hydrogen) atoms. The minimum Gasteiger partial charge on any atom is -0.502 e. The Morgan fingerprint density at radius 3 is 2.65 bits per heavy atom. The third kappa shape index (κ3) is 4.64. The Kier molecular flexibility index (Phi) is 6.08. The summed E-state index contributed by atoms with van der Waals surface area (Å²) >= 11 is 1.39. The Labute approximate surface area is 183 Å². The molecule has 0 aliphatic rings. The van der Waals surface area contributed by atoms with Crippen molar-refractivity contribution in [1.29, 1.82) is 0 Å². The van der Waals surface area contributed by atoms with Crippen molar-refractivity contribution in [3.05, 3.63) is 82.4 Å². The van der Waals surface area contributed by atoms with Crippen LogP contribution < -0.4 is 10.2 Å². The third-order valence-electron chi connectivity index (χ3n) is 4.53. The highest BCUT2D eigenvalue weighted by molar-refractivity contribution is 7.98. The van der Waals surface area contributed by atoms with Crippen LogP contribution in [0.5, 0.6) is 11.5 Å². The van der Waals surface area contributed by atoms with Crippen molar-refractivity contribution in [3.63, 3.8) is 0 Å². The van der Waals surface area contributed by atoms with Crippen molar-refractivity contribution in [3.8, 4) is 28.6 Å². The van der Waals surface area contributed by atoms with Crippen molar-refractivity contribution < 1.29 is 14.3 Å². The molecule has 0 aliphatic carbocycles. The number of aromatic hydroxyl groups is 1. The average molecular weight is 436 g/mol. The number of rotatable bonds is 7. The molecule has 2 aromatic heterocycles. The molecule has 7 nitrogen and oxygen atoms in total. The molecule has 0 saturated carbocycles. The molecule has 158 valence electrons. The molecule has 2 aromatic carbocycles. The fourth-order valence-corrected chi connectivity index (χ4v) is 3.92. The van der Waals surface area contributed by atoms with E-state index in [9.17, 15) is 9.90 Å². The summed E-state index contributed by atoms with van der Waals surface area (Å²) in [6.45, 7) is 4.57. The molecule has 4 aromatic rings. The minimum absolute atomic E-state index is 0.360. The first-order chi connectivity index (χ1) is 15.0. The van der Waals surface area contributed by atoms with Gasteiger partial charge in [0.25, 0.3) is 0 Å². The van der Waals surface area contributed by atoms with Crippen molar-refractivity contribution in [2.45, 2.75) is 24.8 Å². The zero-order valence-electron chi connectivity index (χ0n) is 17.1. The highest BCUT2D eigenvalue weighted by Crippen LogP contribution is 2.30. The molecule has 0 amide bonds. The molecule has 0 unspecified atom stereocenters. The van der Waals surface area contributed by atoms with E-state index in [-0.39, 0.29) is 0 Å². The summed E-state index contributed by atoms with van der Waals surface area (Å²) in [6, 6.07) is 17.1. The van der Waals surface area contributed by atoms with E-state index in [1.54, 1.807) is 0 Å². The number of ether oxygens (including phenoxy) is 1. The van der Waals surface area contributed by atoms with E-state index < -0.39 is 11.2 Å². The quantitative estimate of drug-likeness (QED) is 0.425. The van der Waals surface area contributed by atoms with Gasteiger partial charge in [0, 0.05) is 17.3 Å². The summed E-state index contributed by atoms with van der Waals surface area (Å²) in [4.78, 5) is 11.7. The third-order valence-corrected chi connectivity index (χ3v) is 5.48. The minimum atomic E-state index is -0.477. The number of thioether (sulfide) groups is 1. The lowest BCUT2D eigenvalue weighted by Crippen LogP contribution is -2.02. The second-order valence-electron chi connectivity index (χ2n) is 6.82. The fraction of sp³-hybridized carbons (Fsp3) is 0.174. The van der Waals surface area contributed by atoms with Crippen LogP contribution in [0.2, 0.25) is 0 Å². The largest absolute Gasteiger partial charge is 0.502 e. The van der Waals surface area contributed by atoms with Gasteiger partial charge in [0.1, 0.15) is 17.8 Å². The van der Waals surface area contributed by atoms with Crippen LogP contribution in [0.25, 0.3) is 17.1 Å². The Hall–Kier alpha value is -3.52. The van der Waals surface area contributed by atoms with Gasteiger partial charge in [-0.25, -0.2) is 0 Å². The summed E-state index contributed by atoms with van der Waals surface area (Å²) in [5.74, 6) is 1.89. The zero-order valence-corrected chi connectivity index (χ0v) is 17.9. The topological polar surface area (TPSA) is 90.4 Å². The second kappa shape index (κ2) is 9.09. The second-order valence-corrected chi connectivity index (χ2v) is 7.77. The Morgan fingerprint density at radius 2 is 1.94 bits per heavy atom. The van der Waals surface area contributed by atoms with Gasteiger partial charge in [0.2, 0.25) is 5.43 Å². The van der Waals surface area contributed by atoms with Gasteiger partial charge in [-0.05, 0) is 44.2 Å². The van der Waals surface area contributed by atoms with Gasteiger partial charge in [0.05, 0.1) is 12.4 Å². The first-order valence-corrected chi connectivity index (χ1v) is 10.7. The maximum Gasteiger partial charge on any atom is 0.226 e. The maximum atomic E-state index is 11.7. The van der Waals surface area contributed by atoms with Gasteiger partial charge >= 0.3 is 0 Å². The van der Waals surface area contributed by atoms with E-state index in [1.165, 1.54) is 17.8 Å². The van der Waals surface area contributed by atoms with Gasteiger partial charge in [-0.15, -0.1) is 10.2 Å². The van der Waals surface area contributed by atoms with E-state index >= 15 is 0 Å². The summed E-state index contributed by atoms with van der Waals surface area (Å²) in [6.07, 6.45) is 1.05. The van der Waals surface area contributed by atoms with Crippen LogP contribution in [0.3, 0.4) is 0 Å². The SMILES string of the molecule is CCOc1ccc(-n2c(SCc3cc(=O)c(O)co3)nnc2-c2cccc(C)c2)cc1. The van der Waals surface area contributed by atoms with Gasteiger partial charge in [-0.2, -0.15) is 0 Å². The molecule has 0 bridgehead atoms. The Morgan fingerprint density at radius 1 is 1.13 bits per heavy atom. The van der Waals surface area contributed by atoms with Crippen molar-refractivity contribution in [2.24, 2.45) is 0 Å². The number of aromatic nitrogens is 3. The summed E-state index contributed by atoms with van der Waals surface area (Å²) in [5.41, 5.74) is 2.48. The Bertz CT molecular complexity index is 1250. The van der Waals surface area contributed by atoms with Crippen LogP contribution >= 0.6 is 11.8 Å². The van der Waals surface area contributed by atoms with E-state index in [2.05, 4.69) is 16.3 Å². The molecule has 2 heterocycles. The van der Waals surface area contributed by atoms with E-state index in [4.69, 9.17) is 9.15 Å². The molecule has 0 fully saturated rings. The van der Waals surface area contributed by atoms with Crippen LogP contribution in [0.15, 0.2) is 75.2 Å². The Balaban J connectivity index is 1.72. The molecular weight excluding hydrogens is 414 g/mol. The molecule has 0 atom stereocenters. The van der Waals surface area contributed by atoms with E-state index in [0.717, 1.165) is 28.8 Å². The summed E-state index contributed by atoms with van der Waals surface area (Å²) in [7, 11) is 0. The number of aryl methyl sites for hydroxylation is 1. The molecule has 0 aliphatic heterocycles. The van der Waals surface area contributed by atoms with Crippen LogP contribution in [-0.4, -0.2) is 26.5 Å². The van der Waals surface area contributed by atoms with Crippen LogP contribution in [0.1, 0.15) is 18.2 Å². The van der Waals surface area contributed by atoms with Crippen molar-refractivity contribution in [1.82, 2.24) is 14.8 Å². The highest BCUT2D eigenvalue weighted by Gasteiger charge is 2.17. The molecule has 0 spiro atoms. The van der Waals surface area contributed by atoms with Gasteiger partial charge in [0.15, 0.2) is 16.7 Å². The van der Waals surface area contributed by atoms with Crippen LogP contribution in [0, 0.1) is 6.92 Å². The van der Waals surface area contributed by atoms with Crippen LogP contribution in [0.4, 0.5) is 0 Å². The summed E-state index contributed by atoms with van der Waals surface area (Å²) < 4.78 is 12.8.